The molecule has 0 spiro atoms. The molecule has 1 aliphatic heterocycles. The highest BCUT2D eigenvalue weighted by Crippen LogP contribution is 2.39. The lowest BCUT2D eigenvalue weighted by Gasteiger charge is -2.41. The lowest BCUT2D eigenvalue weighted by Crippen LogP contribution is -2.47. The summed E-state index contributed by atoms with van der Waals surface area (Å²) in [6, 6.07) is 22.0. The van der Waals surface area contributed by atoms with Crippen LogP contribution in [-0.4, -0.2) is 35.8 Å². The van der Waals surface area contributed by atoms with E-state index >= 15 is 0 Å². The van der Waals surface area contributed by atoms with Crippen LogP contribution in [0.15, 0.2) is 72.8 Å². The predicted molar refractivity (Wildman–Crippen MR) is 133 cm³/mol. The summed E-state index contributed by atoms with van der Waals surface area (Å²) in [5.74, 6) is 0. The Morgan fingerprint density at radius 2 is 1.70 bits per heavy atom. The van der Waals surface area contributed by atoms with Gasteiger partial charge < -0.3 is 14.7 Å². The summed E-state index contributed by atoms with van der Waals surface area (Å²) in [7, 11) is 0. The number of likely N-dealkylation sites (tertiary alicyclic amines) is 1. The number of hydrogen-bond donors (Lipinski definition) is 1. The maximum atomic E-state index is 13.8. The second-order valence-corrected chi connectivity index (χ2v) is 9.40. The van der Waals surface area contributed by atoms with Crippen molar-refractivity contribution < 1.29 is 27.8 Å². The molecular weight excluding hydrogens is 481 g/mol. The first kappa shape index (κ1) is 26.2. The molecule has 4 rings (SSSR count). The molecule has 3 aromatic rings. The van der Waals surface area contributed by atoms with Crippen LogP contribution in [0.1, 0.15) is 48.1 Å². The average Bonchev–Trinajstić information content (AvgIpc) is 2.91. The number of nitrogens with zero attached hydrogens (tertiary/aromatic N) is 2. The van der Waals surface area contributed by atoms with Gasteiger partial charge in [0.25, 0.3) is 0 Å². The van der Waals surface area contributed by atoms with Gasteiger partial charge >= 0.3 is 12.3 Å². The first-order valence-corrected chi connectivity index (χ1v) is 12.0. The minimum Gasteiger partial charge on any atom is -0.465 e. The molecule has 3 aromatic carbocycles. The van der Waals surface area contributed by atoms with E-state index in [1.807, 2.05) is 36.4 Å². The number of hydrogen-bond acceptors (Lipinski definition) is 3. The first-order valence-electron chi connectivity index (χ1n) is 12.0. The Bertz CT molecular complexity index is 1280. The van der Waals surface area contributed by atoms with Crippen molar-refractivity contribution in [3.05, 3.63) is 95.1 Å². The van der Waals surface area contributed by atoms with Crippen LogP contribution in [0.2, 0.25) is 0 Å². The quantitative estimate of drug-likeness (QED) is 0.388. The van der Waals surface area contributed by atoms with Crippen LogP contribution in [0, 0.1) is 11.3 Å². The fourth-order valence-corrected chi connectivity index (χ4v) is 4.77. The van der Waals surface area contributed by atoms with Crippen LogP contribution < -0.4 is 0 Å². The number of piperidine rings is 1. The SMILES string of the molecule is CC(OCC1(c2ccccc2)CCN(C(=O)O)CC1)c1cc(-c2ccc(C#N)cc2)cc(C(F)(F)F)c1. The molecule has 1 amide bonds. The third-order valence-corrected chi connectivity index (χ3v) is 7.09. The molecule has 37 heavy (non-hydrogen) atoms. The molecule has 0 aromatic heterocycles. The van der Waals surface area contributed by atoms with Crippen LogP contribution in [-0.2, 0) is 16.3 Å². The summed E-state index contributed by atoms with van der Waals surface area (Å²) in [4.78, 5) is 12.8. The van der Waals surface area contributed by atoms with E-state index < -0.39 is 29.4 Å². The van der Waals surface area contributed by atoms with Crippen LogP contribution >= 0.6 is 0 Å². The number of nitriles is 1. The number of benzene rings is 3. The van der Waals surface area contributed by atoms with Gasteiger partial charge in [0.1, 0.15) is 0 Å². The normalized spacial score (nSPS) is 16.1. The molecule has 1 saturated heterocycles. The van der Waals surface area contributed by atoms with Gasteiger partial charge in [0.15, 0.2) is 0 Å². The molecular formula is C29H27F3N2O3. The zero-order valence-corrected chi connectivity index (χ0v) is 20.3. The van der Waals surface area contributed by atoms with Crippen molar-refractivity contribution in [2.45, 2.75) is 37.5 Å². The summed E-state index contributed by atoms with van der Waals surface area (Å²) in [5.41, 5.74) is 1.58. The van der Waals surface area contributed by atoms with Gasteiger partial charge in [-0.3, -0.25) is 0 Å². The number of ether oxygens (including phenoxy) is 1. The second kappa shape index (κ2) is 10.7. The maximum absolute atomic E-state index is 13.8. The van der Waals surface area contributed by atoms with Crippen LogP contribution in [0.3, 0.4) is 0 Å². The lowest BCUT2D eigenvalue weighted by molar-refractivity contribution is -0.137. The van der Waals surface area contributed by atoms with Crippen LogP contribution in [0.4, 0.5) is 18.0 Å². The largest absolute Gasteiger partial charge is 0.465 e. The Hall–Kier alpha value is -3.83. The first-order chi connectivity index (χ1) is 17.6. The minimum absolute atomic E-state index is 0.244. The van der Waals surface area contributed by atoms with E-state index in [-0.39, 0.29) is 6.61 Å². The van der Waals surface area contributed by atoms with Crippen LogP contribution in [0.5, 0.6) is 0 Å². The van der Waals surface area contributed by atoms with Crippen LogP contribution in [0.25, 0.3) is 11.1 Å². The minimum atomic E-state index is -4.54. The highest BCUT2D eigenvalue weighted by Gasteiger charge is 2.38. The van der Waals surface area contributed by atoms with E-state index in [2.05, 4.69) is 0 Å². The van der Waals surface area contributed by atoms with Crippen molar-refractivity contribution in [3.63, 3.8) is 0 Å². The third kappa shape index (κ3) is 5.95. The summed E-state index contributed by atoms with van der Waals surface area (Å²) in [5, 5.41) is 18.4. The van der Waals surface area contributed by atoms with Gasteiger partial charge in [-0.1, -0.05) is 42.5 Å². The number of carboxylic acid groups (broad SMARTS) is 1. The highest BCUT2D eigenvalue weighted by atomic mass is 19.4. The zero-order chi connectivity index (χ0) is 26.6. The Labute approximate surface area is 213 Å². The molecule has 1 unspecified atom stereocenters. The predicted octanol–water partition coefficient (Wildman–Crippen LogP) is 7.03. The number of halogens is 3. The van der Waals surface area contributed by atoms with E-state index in [1.165, 1.54) is 4.90 Å². The highest BCUT2D eigenvalue weighted by molar-refractivity contribution is 5.66. The smallest absolute Gasteiger partial charge is 0.416 e. The second-order valence-electron chi connectivity index (χ2n) is 9.40. The summed E-state index contributed by atoms with van der Waals surface area (Å²) < 4.78 is 47.6. The Morgan fingerprint density at radius 1 is 1.05 bits per heavy atom. The van der Waals surface area contributed by atoms with E-state index in [0.29, 0.717) is 48.2 Å². The van der Waals surface area contributed by atoms with Crippen molar-refractivity contribution in [1.82, 2.24) is 4.90 Å². The zero-order valence-electron chi connectivity index (χ0n) is 20.3. The topological polar surface area (TPSA) is 73.6 Å². The van der Waals surface area contributed by atoms with Gasteiger partial charge in [0, 0.05) is 18.5 Å². The Balaban J connectivity index is 1.61. The van der Waals surface area contributed by atoms with Gasteiger partial charge in [0.2, 0.25) is 0 Å². The molecule has 192 valence electrons. The molecule has 1 aliphatic rings. The number of rotatable bonds is 6. The average molecular weight is 509 g/mol. The third-order valence-electron chi connectivity index (χ3n) is 7.09. The Kier molecular flexibility index (Phi) is 7.55. The van der Waals surface area contributed by atoms with Crippen molar-refractivity contribution in [3.8, 4) is 17.2 Å². The molecule has 0 bridgehead atoms. The summed E-state index contributed by atoms with van der Waals surface area (Å²) >= 11 is 0. The molecule has 1 fully saturated rings. The van der Waals surface area contributed by atoms with Crippen molar-refractivity contribution >= 4 is 6.09 Å². The lowest BCUT2D eigenvalue weighted by atomic mass is 9.73. The summed E-state index contributed by atoms with van der Waals surface area (Å²) in [6.07, 6.45) is -5.04. The fourth-order valence-electron chi connectivity index (χ4n) is 4.77. The molecule has 0 saturated carbocycles. The van der Waals surface area contributed by atoms with Gasteiger partial charge in [-0.05, 0) is 72.4 Å². The van der Waals surface area contributed by atoms with Gasteiger partial charge in [-0.2, -0.15) is 18.4 Å². The standard InChI is InChI=1S/C29H27F3N2O3/c1-20(37-19-28(25-5-3-2-4-6-25)11-13-34(14-12-28)27(35)36)23-15-24(17-26(16-23)29(30,31)32)22-9-7-21(18-33)8-10-22/h2-10,15-17,20H,11-14,19H2,1H3,(H,35,36). The fraction of sp³-hybridized carbons (Fsp3) is 0.310. The summed E-state index contributed by atoms with van der Waals surface area (Å²) in [6.45, 7) is 2.68. The van der Waals surface area contributed by atoms with E-state index in [1.54, 1.807) is 37.3 Å². The number of alkyl halides is 3. The number of carbonyl (C=O) groups is 1. The van der Waals surface area contributed by atoms with Crippen molar-refractivity contribution in [2.75, 3.05) is 19.7 Å². The van der Waals surface area contributed by atoms with E-state index in [9.17, 15) is 23.1 Å². The molecule has 0 radical (unpaired) electrons. The van der Waals surface area contributed by atoms with Gasteiger partial charge in [0.05, 0.1) is 29.9 Å². The van der Waals surface area contributed by atoms with Crippen molar-refractivity contribution in [1.29, 1.82) is 5.26 Å². The van der Waals surface area contributed by atoms with Gasteiger partial charge in [-0.25, -0.2) is 4.79 Å². The monoisotopic (exact) mass is 508 g/mol. The molecule has 1 heterocycles. The molecule has 1 atom stereocenters. The van der Waals surface area contributed by atoms with Gasteiger partial charge in [-0.15, -0.1) is 0 Å². The molecule has 0 aliphatic carbocycles. The molecule has 5 nitrogen and oxygen atoms in total. The van der Waals surface area contributed by atoms with E-state index in [0.717, 1.165) is 17.7 Å². The maximum Gasteiger partial charge on any atom is 0.416 e. The Morgan fingerprint density at radius 3 is 2.27 bits per heavy atom. The van der Waals surface area contributed by atoms with Crippen molar-refractivity contribution in [2.24, 2.45) is 0 Å². The molecule has 1 N–H and O–H groups in total. The molecule has 8 heteroatoms. The van der Waals surface area contributed by atoms with E-state index in [4.69, 9.17) is 10.00 Å². The number of amides is 1.